The monoisotopic (exact) mass is 408 g/mol. The van der Waals surface area contributed by atoms with Crippen molar-refractivity contribution >= 4 is 22.8 Å². The number of nitrogens with zero attached hydrogens (tertiary/aromatic N) is 2. The molecule has 0 aliphatic rings. The standard InChI is InChI=1S/C22H14F2N2O4/c1-30-17-7-3-5-15(24)19(17)21(27)26-16-6-2-4-14(23)18(16)20(25-26)12-8-10-13(11-9-12)22(28)29/h2-11H,1H3,(H,28,29). The maximum atomic E-state index is 14.7. The zero-order valence-corrected chi connectivity index (χ0v) is 15.6. The number of carboxylic acid groups (broad SMARTS) is 1. The number of aromatic nitrogens is 2. The second-order valence-electron chi connectivity index (χ2n) is 6.40. The first kappa shape index (κ1) is 19.3. The summed E-state index contributed by atoms with van der Waals surface area (Å²) in [4.78, 5) is 24.2. The molecule has 0 fully saturated rings. The predicted octanol–water partition coefficient (Wildman–Crippen LogP) is 4.38. The van der Waals surface area contributed by atoms with Crippen LogP contribution in [0.2, 0.25) is 0 Å². The summed E-state index contributed by atoms with van der Waals surface area (Å²) in [6.07, 6.45) is 0. The molecule has 0 saturated carbocycles. The zero-order valence-electron chi connectivity index (χ0n) is 15.6. The molecular formula is C22H14F2N2O4. The van der Waals surface area contributed by atoms with Gasteiger partial charge in [0.1, 0.15) is 28.6 Å². The Kier molecular flexibility index (Phi) is 4.75. The van der Waals surface area contributed by atoms with Crippen molar-refractivity contribution in [3.63, 3.8) is 0 Å². The van der Waals surface area contributed by atoms with Crippen molar-refractivity contribution in [2.45, 2.75) is 0 Å². The van der Waals surface area contributed by atoms with E-state index in [0.29, 0.717) is 5.56 Å². The number of fused-ring (bicyclic) bond motifs is 1. The summed E-state index contributed by atoms with van der Waals surface area (Å²) in [5.41, 5.74) is 0.394. The van der Waals surface area contributed by atoms with Crippen molar-refractivity contribution < 1.29 is 28.2 Å². The Morgan fingerprint density at radius 3 is 2.30 bits per heavy atom. The van der Waals surface area contributed by atoms with Gasteiger partial charge >= 0.3 is 5.97 Å². The average molecular weight is 408 g/mol. The van der Waals surface area contributed by atoms with Gasteiger partial charge in [0, 0.05) is 5.56 Å². The SMILES string of the molecule is COc1cccc(F)c1C(=O)n1nc(-c2ccc(C(=O)O)cc2)c2c(F)cccc21. The topological polar surface area (TPSA) is 81.4 Å². The first-order chi connectivity index (χ1) is 14.4. The molecule has 0 bridgehead atoms. The lowest BCUT2D eigenvalue weighted by Gasteiger charge is -2.09. The highest BCUT2D eigenvalue weighted by Gasteiger charge is 2.25. The fourth-order valence-electron chi connectivity index (χ4n) is 3.24. The Balaban J connectivity index is 1.94. The molecule has 0 atom stereocenters. The number of rotatable bonds is 4. The van der Waals surface area contributed by atoms with Crippen molar-refractivity contribution in [3.05, 3.63) is 83.4 Å². The van der Waals surface area contributed by atoms with Crippen LogP contribution in [-0.2, 0) is 0 Å². The van der Waals surface area contributed by atoms with Crippen LogP contribution in [0.25, 0.3) is 22.2 Å². The first-order valence-corrected chi connectivity index (χ1v) is 8.80. The minimum atomic E-state index is -1.11. The number of carboxylic acids is 1. The maximum absolute atomic E-state index is 14.7. The van der Waals surface area contributed by atoms with E-state index in [9.17, 15) is 18.4 Å². The highest BCUT2D eigenvalue weighted by Crippen LogP contribution is 2.32. The van der Waals surface area contributed by atoms with Crippen LogP contribution in [0.5, 0.6) is 5.75 Å². The molecule has 0 unspecified atom stereocenters. The van der Waals surface area contributed by atoms with E-state index in [1.54, 1.807) is 0 Å². The number of hydrogen-bond donors (Lipinski definition) is 1. The summed E-state index contributed by atoms with van der Waals surface area (Å²) in [5, 5.41) is 13.4. The van der Waals surface area contributed by atoms with Gasteiger partial charge in [-0.15, -0.1) is 0 Å². The third-order valence-electron chi connectivity index (χ3n) is 4.66. The van der Waals surface area contributed by atoms with Gasteiger partial charge in [-0.2, -0.15) is 9.78 Å². The van der Waals surface area contributed by atoms with Gasteiger partial charge in [0.25, 0.3) is 5.91 Å². The fraction of sp³-hybridized carbons (Fsp3) is 0.0455. The van der Waals surface area contributed by atoms with Gasteiger partial charge in [-0.05, 0) is 36.4 Å². The van der Waals surface area contributed by atoms with Crippen LogP contribution >= 0.6 is 0 Å². The van der Waals surface area contributed by atoms with E-state index in [1.165, 1.54) is 61.7 Å². The van der Waals surface area contributed by atoms with E-state index in [-0.39, 0.29) is 33.5 Å². The van der Waals surface area contributed by atoms with E-state index in [2.05, 4.69) is 5.10 Å². The lowest BCUT2D eigenvalue weighted by Crippen LogP contribution is -2.16. The quantitative estimate of drug-likeness (QED) is 0.542. The van der Waals surface area contributed by atoms with Gasteiger partial charge in [-0.3, -0.25) is 4.79 Å². The van der Waals surface area contributed by atoms with E-state index in [4.69, 9.17) is 9.84 Å². The molecule has 0 saturated heterocycles. The third kappa shape index (κ3) is 3.08. The van der Waals surface area contributed by atoms with Crippen molar-refractivity contribution in [1.29, 1.82) is 0 Å². The molecule has 0 spiro atoms. The van der Waals surface area contributed by atoms with Crippen molar-refractivity contribution in [2.75, 3.05) is 7.11 Å². The number of carbonyl (C=O) groups is 2. The van der Waals surface area contributed by atoms with E-state index < -0.39 is 23.5 Å². The normalized spacial score (nSPS) is 10.9. The Bertz CT molecular complexity index is 1300. The number of methoxy groups -OCH3 is 1. The van der Waals surface area contributed by atoms with Crippen LogP contribution < -0.4 is 4.74 Å². The zero-order chi connectivity index (χ0) is 21.4. The molecule has 4 rings (SSSR count). The van der Waals surface area contributed by atoms with Crippen molar-refractivity contribution in [1.82, 2.24) is 9.78 Å². The second kappa shape index (κ2) is 7.40. The van der Waals surface area contributed by atoms with Crippen molar-refractivity contribution in [3.8, 4) is 17.0 Å². The minimum Gasteiger partial charge on any atom is -0.496 e. The number of benzene rings is 3. The smallest absolute Gasteiger partial charge is 0.335 e. The number of carbonyl (C=O) groups excluding carboxylic acids is 1. The number of aromatic carboxylic acids is 1. The molecule has 0 amide bonds. The van der Waals surface area contributed by atoms with Gasteiger partial charge in [-0.1, -0.05) is 24.3 Å². The van der Waals surface area contributed by atoms with Crippen LogP contribution in [0.1, 0.15) is 20.7 Å². The lowest BCUT2D eigenvalue weighted by molar-refractivity contribution is 0.0696. The van der Waals surface area contributed by atoms with Crippen LogP contribution in [0, 0.1) is 11.6 Å². The van der Waals surface area contributed by atoms with Gasteiger partial charge in [0.05, 0.1) is 23.6 Å². The molecule has 8 heteroatoms. The predicted molar refractivity (Wildman–Crippen MR) is 105 cm³/mol. The molecule has 4 aromatic rings. The third-order valence-corrected chi connectivity index (χ3v) is 4.66. The summed E-state index contributed by atoms with van der Waals surface area (Å²) in [7, 11) is 1.31. The largest absolute Gasteiger partial charge is 0.496 e. The molecule has 1 aromatic heterocycles. The molecule has 30 heavy (non-hydrogen) atoms. The van der Waals surface area contributed by atoms with Crippen LogP contribution in [0.3, 0.4) is 0 Å². The summed E-state index contributed by atoms with van der Waals surface area (Å²) < 4.78 is 35.1. The fourth-order valence-corrected chi connectivity index (χ4v) is 3.24. The Morgan fingerprint density at radius 1 is 0.967 bits per heavy atom. The van der Waals surface area contributed by atoms with Gasteiger partial charge in [-0.25, -0.2) is 13.6 Å². The Labute approximate surface area is 168 Å². The molecule has 0 aliphatic heterocycles. The Hall–Kier alpha value is -4.07. The van der Waals surface area contributed by atoms with Crippen LogP contribution in [-0.4, -0.2) is 33.9 Å². The maximum Gasteiger partial charge on any atom is 0.335 e. The van der Waals surface area contributed by atoms with Gasteiger partial charge in [0.15, 0.2) is 0 Å². The summed E-state index contributed by atoms with van der Waals surface area (Å²) >= 11 is 0. The molecular weight excluding hydrogens is 394 g/mol. The van der Waals surface area contributed by atoms with Gasteiger partial charge < -0.3 is 9.84 Å². The van der Waals surface area contributed by atoms with Gasteiger partial charge in [0.2, 0.25) is 0 Å². The van der Waals surface area contributed by atoms with E-state index in [0.717, 1.165) is 10.7 Å². The second-order valence-corrected chi connectivity index (χ2v) is 6.40. The first-order valence-electron chi connectivity index (χ1n) is 8.80. The molecule has 1 heterocycles. The summed E-state index contributed by atoms with van der Waals surface area (Å²) in [6.45, 7) is 0. The molecule has 150 valence electrons. The van der Waals surface area contributed by atoms with E-state index in [1.807, 2.05) is 0 Å². The Morgan fingerprint density at radius 2 is 1.63 bits per heavy atom. The van der Waals surface area contributed by atoms with E-state index >= 15 is 0 Å². The highest BCUT2D eigenvalue weighted by molar-refractivity contribution is 6.06. The minimum absolute atomic E-state index is 0.0208. The van der Waals surface area contributed by atoms with Crippen LogP contribution in [0.4, 0.5) is 8.78 Å². The number of hydrogen-bond acceptors (Lipinski definition) is 4. The molecule has 0 aliphatic carbocycles. The number of halogens is 2. The summed E-state index contributed by atoms with van der Waals surface area (Å²) in [6, 6.07) is 13.7. The summed E-state index contributed by atoms with van der Waals surface area (Å²) in [5.74, 6) is -3.33. The van der Waals surface area contributed by atoms with Crippen molar-refractivity contribution in [2.24, 2.45) is 0 Å². The highest BCUT2D eigenvalue weighted by atomic mass is 19.1. The number of ether oxygens (including phenoxy) is 1. The average Bonchev–Trinajstić information content (AvgIpc) is 3.14. The lowest BCUT2D eigenvalue weighted by atomic mass is 10.1. The molecule has 1 N–H and O–H groups in total. The molecule has 3 aromatic carbocycles. The molecule has 0 radical (unpaired) electrons. The molecule has 6 nitrogen and oxygen atoms in total. The van der Waals surface area contributed by atoms with Crippen LogP contribution in [0.15, 0.2) is 60.7 Å².